The van der Waals surface area contributed by atoms with Gasteiger partial charge >= 0.3 is 6.09 Å². The normalized spacial score (nSPS) is 14.0. The molecule has 1 heterocycles. The first-order chi connectivity index (χ1) is 9.64. The van der Waals surface area contributed by atoms with Crippen LogP contribution in [0.2, 0.25) is 0 Å². The number of nitrogens with zero attached hydrogens (tertiary/aromatic N) is 2. The summed E-state index contributed by atoms with van der Waals surface area (Å²) in [7, 11) is 3.04. The minimum Gasteiger partial charge on any atom is -0.495 e. The van der Waals surface area contributed by atoms with Crippen LogP contribution < -0.4 is 4.74 Å². The Kier molecular flexibility index (Phi) is 4.93. The van der Waals surface area contributed by atoms with Gasteiger partial charge in [-0.25, -0.2) is 4.79 Å². The van der Waals surface area contributed by atoms with Crippen LogP contribution in [0, 0.1) is 0 Å². The van der Waals surface area contributed by atoms with Gasteiger partial charge in [0.05, 0.1) is 19.0 Å². The number of pyridine rings is 1. The van der Waals surface area contributed by atoms with Crippen LogP contribution in [0.4, 0.5) is 4.79 Å². The van der Waals surface area contributed by atoms with Gasteiger partial charge in [0, 0.05) is 7.05 Å². The lowest BCUT2D eigenvalue weighted by Crippen LogP contribution is -2.48. The second kappa shape index (κ2) is 6.11. The zero-order valence-corrected chi connectivity index (χ0v) is 13.3. The second-order valence-corrected chi connectivity index (χ2v) is 5.89. The highest BCUT2D eigenvalue weighted by Crippen LogP contribution is 2.26. The van der Waals surface area contributed by atoms with Crippen LogP contribution in [0.3, 0.4) is 0 Å². The molecule has 0 N–H and O–H groups in total. The molecule has 1 rings (SSSR count). The number of hydrogen-bond donors (Lipinski definition) is 0. The summed E-state index contributed by atoms with van der Waals surface area (Å²) < 4.78 is 10.3. The predicted octanol–water partition coefficient (Wildman–Crippen LogP) is 2.37. The second-order valence-electron chi connectivity index (χ2n) is 5.89. The van der Waals surface area contributed by atoms with Crippen molar-refractivity contribution in [2.75, 3.05) is 14.2 Å². The van der Waals surface area contributed by atoms with Crippen molar-refractivity contribution < 1.29 is 19.1 Å². The summed E-state index contributed by atoms with van der Waals surface area (Å²) in [6.07, 6.45) is 1.58. The van der Waals surface area contributed by atoms with Crippen molar-refractivity contribution >= 4 is 12.4 Å². The number of aldehydes is 1. The molecule has 0 aliphatic heterocycles. The number of amides is 1. The largest absolute Gasteiger partial charge is 0.495 e. The van der Waals surface area contributed by atoms with E-state index in [1.165, 1.54) is 25.3 Å². The molecule has 0 bridgehead atoms. The van der Waals surface area contributed by atoms with Gasteiger partial charge in [0.2, 0.25) is 0 Å². The first kappa shape index (κ1) is 16.9. The van der Waals surface area contributed by atoms with E-state index in [0.29, 0.717) is 17.7 Å². The molecule has 21 heavy (non-hydrogen) atoms. The molecule has 0 aliphatic carbocycles. The van der Waals surface area contributed by atoms with Crippen LogP contribution >= 0.6 is 0 Å². The minimum atomic E-state index is -1.21. The molecule has 0 fully saturated rings. The van der Waals surface area contributed by atoms with E-state index in [0.717, 1.165) is 0 Å². The van der Waals surface area contributed by atoms with Crippen LogP contribution in [0.5, 0.6) is 5.75 Å². The summed E-state index contributed by atoms with van der Waals surface area (Å²) in [6.45, 7) is 6.91. The van der Waals surface area contributed by atoms with Crippen LogP contribution in [-0.4, -0.2) is 42.0 Å². The molecular formula is C15H22N2O4. The zero-order valence-electron chi connectivity index (χ0n) is 13.3. The van der Waals surface area contributed by atoms with Crippen LogP contribution in [0.1, 0.15) is 33.4 Å². The summed E-state index contributed by atoms with van der Waals surface area (Å²) in [5.41, 5.74) is -1.41. The van der Waals surface area contributed by atoms with Gasteiger partial charge in [0.25, 0.3) is 0 Å². The number of rotatable bonds is 4. The molecule has 1 aromatic heterocycles. The molecule has 0 aliphatic rings. The molecule has 1 atom stereocenters. The van der Waals surface area contributed by atoms with E-state index in [-0.39, 0.29) is 0 Å². The SMILES string of the molecule is COc1ccc(C(C)(C=O)N(C)C(=O)OC(C)(C)C)nc1. The maximum Gasteiger partial charge on any atom is 0.411 e. The Labute approximate surface area is 125 Å². The van der Waals surface area contributed by atoms with Crippen molar-refractivity contribution in [3.63, 3.8) is 0 Å². The summed E-state index contributed by atoms with van der Waals surface area (Å²) in [4.78, 5) is 29.1. The molecule has 6 heteroatoms. The molecule has 116 valence electrons. The third-order valence-corrected chi connectivity index (χ3v) is 3.08. The molecule has 1 amide bonds. The monoisotopic (exact) mass is 294 g/mol. The zero-order chi connectivity index (χ0) is 16.3. The average Bonchev–Trinajstić information content (AvgIpc) is 2.44. The lowest BCUT2D eigenvalue weighted by atomic mass is 9.97. The molecule has 1 aromatic rings. The Morgan fingerprint density at radius 2 is 1.90 bits per heavy atom. The standard InChI is InChI=1S/C15H22N2O4/c1-14(2,3)21-13(19)17(5)15(4,10-18)12-8-7-11(20-6)9-16-12/h7-10H,1-6H3. The molecular weight excluding hydrogens is 272 g/mol. The van der Waals surface area contributed by atoms with E-state index in [1.807, 2.05) is 0 Å². The molecule has 1 unspecified atom stereocenters. The highest BCUT2D eigenvalue weighted by Gasteiger charge is 2.38. The summed E-state index contributed by atoms with van der Waals surface area (Å²) in [5.74, 6) is 0.576. The van der Waals surface area contributed by atoms with Gasteiger partial charge in [-0.15, -0.1) is 0 Å². The maximum absolute atomic E-state index is 12.2. The first-order valence-corrected chi connectivity index (χ1v) is 6.57. The highest BCUT2D eigenvalue weighted by molar-refractivity contribution is 5.77. The Morgan fingerprint density at radius 1 is 1.29 bits per heavy atom. The van der Waals surface area contributed by atoms with Crippen LogP contribution in [0.25, 0.3) is 0 Å². The quantitative estimate of drug-likeness (QED) is 0.797. The fraction of sp³-hybridized carbons (Fsp3) is 0.533. The number of aromatic nitrogens is 1. The molecule has 0 saturated heterocycles. The van der Waals surface area contributed by atoms with E-state index < -0.39 is 17.2 Å². The van der Waals surface area contributed by atoms with Gasteiger partial charge in [-0.3, -0.25) is 9.88 Å². The summed E-state index contributed by atoms with van der Waals surface area (Å²) in [5, 5.41) is 0. The number of carbonyl (C=O) groups is 2. The lowest BCUT2D eigenvalue weighted by Gasteiger charge is -2.34. The fourth-order valence-corrected chi connectivity index (χ4v) is 1.63. The van der Waals surface area contributed by atoms with E-state index >= 15 is 0 Å². The average molecular weight is 294 g/mol. The van der Waals surface area contributed by atoms with Crippen molar-refractivity contribution in [3.05, 3.63) is 24.0 Å². The van der Waals surface area contributed by atoms with Gasteiger partial charge in [0.1, 0.15) is 16.9 Å². The van der Waals surface area contributed by atoms with Crippen molar-refractivity contribution in [2.45, 2.75) is 38.8 Å². The van der Waals surface area contributed by atoms with Crippen LogP contribution in [-0.2, 0) is 15.1 Å². The number of likely N-dealkylation sites (N-methyl/N-ethyl adjacent to an activating group) is 1. The van der Waals surface area contributed by atoms with E-state index in [2.05, 4.69) is 4.98 Å². The predicted molar refractivity (Wildman–Crippen MR) is 78.2 cm³/mol. The van der Waals surface area contributed by atoms with Crippen LogP contribution in [0.15, 0.2) is 18.3 Å². The lowest BCUT2D eigenvalue weighted by molar-refractivity contribution is -0.117. The summed E-state index contributed by atoms with van der Waals surface area (Å²) in [6, 6.07) is 3.33. The number of ether oxygens (including phenoxy) is 2. The van der Waals surface area contributed by atoms with Crippen molar-refractivity contribution in [2.24, 2.45) is 0 Å². The van der Waals surface area contributed by atoms with Gasteiger partial charge in [0.15, 0.2) is 6.29 Å². The maximum atomic E-state index is 12.2. The molecule has 0 radical (unpaired) electrons. The molecule has 0 spiro atoms. The number of carbonyl (C=O) groups excluding carboxylic acids is 2. The van der Waals surface area contributed by atoms with Gasteiger partial charge in [-0.05, 0) is 39.8 Å². The Bertz CT molecular complexity index is 507. The van der Waals surface area contributed by atoms with E-state index in [4.69, 9.17) is 9.47 Å². The highest BCUT2D eigenvalue weighted by atomic mass is 16.6. The molecule has 0 saturated carbocycles. The van der Waals surface area contributed by atoms with Gasteiger partial charge < -0.3 is 14.3 Å². The van der Waals surface area contributed by atoms with E-state index in [1.54, 1.807) is 39.8 Å². The Morgan fingerprint density at radius 3 is 2.29 bits per heavy atom. The van der Waals surface area contributed by atoms with Crippen molar-refractivity contribution in [1.29, 1.82) is 0 Å². The minimum absolute atomic E-state index is 0.437. The topological polar surface area (TPSA) is 68.7 Å². The van der Waals surface area contributed by atoms with Crippen molar-refractivity contribution in [1.82, 2.24) is 9.88 Å². The van der Waals surface area contributed by atoms with Crippen molar-refractivity contribution in [3.8, 4) is 5.75 Å². The first-order valence-electron chi connectivity index (χ1n) is 6.57. The van der Waals surface area contributed by atoms with Gasteiger partial charge in [-0.2, -0.15) is 0 Å². The third-order valence-electron chi connectivity index (χ3n) is 3.08. The van der Waals surface area contributed by atoms with E-state index in [9.17, 15) is 9.59 Å². The molecule has 0 aromatic carbocycles. The smallest absolute Gasteiger partial charge is 0.411 e. The number of methoxy groups -OCH3 is 1. The third kappa shape index (κ3) is 3.93. The summed E-state index contributed by atoms with van der Waals surface area (Å²) >= 11 is 0. The Balaban J connectivity index is 3.07. The number of hydrogen-bond acceptors (Lipinski definition) is 5. The fourth-order valence-electron chi connectivity index (χ4n) is 1.63. The molecule has 6 nitrogen and oxygen atoms in total. The van der Waals surface area contributed by atoms with Gasteiger partial charge in [-0.1, -0.05) is 0 Å². The Hall–Kier alpha value is -2.11.